The first-order valence-electron chi connectivity index (χ1n) is 11.1. The van der Waals surface area contributed by atoms with Crippen LogP contribution in [0.1, 0.15) is 31.7 Å². The average Bonchev–Trinajstić information content (AvgIpc) is 3.28. The number of methoxy groups -OCH3 is 2. The Bertz CT molecular complexity index is 1250. The molecule has 0 aliphatic carbocycles. The van der Waals surface area contributed by atoms with Gasteiger partial charge in [0.2, 0.25) is 23.2 Å². The first kappa shape index (κ1) is 23.6. The Kier molecular flexibility index (Phi) is 7.07. The lowest BCUT2D eigenvalue weighted by molar-refractivity contribution is -0.677. The van der Waals surface area contributed by atoms with Crippen molar-refractivity contribution in [3.8, 4) is 17.6 Å². The predicted octanol–water partition coefficient (Wildman–Crippen LogP) is 2.52. The van der Waals surface area contributed by atoms with Gasteiger partial charge in [0.1, 0.15) is 6.07 Å². The molecule has 3 N–H and O–H groups in total. The zero-order valence-corrected chi connectivity index (χ0v) is 20.3. The molecule has 1 amide bonds. The van der Waals surface area contributed by atoms with Crippen LogP contribution in [0.2, 0.25) is 0 Å². The Hall–Kier alpha value is -3.52. The molecule has 1 aliphatic rings. The minimum atomic E-state index is 0.146. The lowest BCUT2D eigenvalue weighted by Crippen LogP contribution is -2.40. The number of carbonyl (C=O) groups excluding carboxylic acids is 1. The molecule has 0 atom stereocenters. The molecule has 11 heteroatoms. The number of hydrogen-bond donors (Lipinski definition) is 2. The van der Waals surface area contributed by atoms with Gasteiger partial charge in [0.15, 0.2) is 17.0 Å². The number of piperidine rings is 1. The highest BCUT2D eigenvalue weighted by Gasteiger charge is 2.24. The lowest BCUT2D eigenvalue weighted by Gasteiger charge is -2.31. The van der Waals surface area contributed by atoms with Gasteiger partial charge in [-0.25, -0.2) is 4.57 Å². The van der Waals surface area contributed by atoms with Gasteiger partial charge in [0.25, 0.3) is 5.65 Å². The van der Waals surface area contributed by atoms with Crippen LogP contribution in [0.4, 0.5) is 5.82 Å². The predicted molar refractivity (Wildman–Crippen MR) is 126 cm³/mol. The summed E-state index contributed by atoms with van der Waals surface area (Å²) in [5, 5.41) is 10.2. The van der Waals surface area contributed by atoms with Gasteiger partial charge in [0.05, 0.1) is 26.3 Å². The van der Waals surface area contributed by atoms with Crippen LogP contribution < -0.4 is 19.8 Å². The first-order valence-corrected chi connectivity index (χ1v) is 11.9. The maximum Gasteiger partial charge on any atom is 0.294 e. The zero-order valence-electron chi connectivity index (χ0n) is 19.5. The summed E-state index contributed by atoms with van der Waals surface area (Å²) in [7, 11) is 3.09. The molecule has 0 spiro atoms. The molecule has 0 saturated carbocycles. The summed E-state index contributed by atoms with van der Waals surface area (Å²) in [6.07, 6.45) is 4.70. The van der Waals surface area contributed by atoms with Crippen molar-refractivity contribution in [1.29, 1.82) is 5.26 Å². The van der Waals surface area contributed by atoms with Crippen LogP contribution in [-0.4, -0.2) is 53.1 Å². The van der Waals surface area contributed by atoms with Crippen molar-refractivity contribution in [3.63, 3.8) is 0 Å². The number of nitrogens with two attached hydrogens (primary N) is 1. The normalized spacial score (nSPS) is 14.2. The fourth-order valence-electron chi connectivity index (χ4n) is 4.19. The quantitative estimate of drug-likeness (QED) is 0.491. The van der Waals surface area contributed by atoms with Gasteiger partial charge in [-0.1, -0.05) is 9.97 Å². The number of aromatic amines is 1. The van der Waals surface area contributed by atoms with Crippen LogP contribution in [0, 0.1) is 17.2 Å². The number of amides is 1. The van der Waals surface area contributed by atoms with E-state index in [9.17, 15) is 10.1 Å². The van der Waals surface area contributed by atoms with Crippen LogP contribution in [0.15, 0.2) is 28.5 Å². The number of carbonyl (C=O) groups is 1. The Balaban J connectivity index is 1.54. The topological polar surface area (TPSA) is 134 Å². The Labute approximate surface area is 202 Å². The lowest BCUT2D eigenvalue weighted by atomic mass is 9.93. The fraction of sp³-hybridized carbons (Fsp3) is 0.435. The van der Waals surface area contributed by atoms with Crippen molar-refractivity contribution in [2.75, 3.05) is 33.0 Å². The number of rotatable bonds is 7. The number of nitrogen functional groups attached to an aromatic ring is 1. The second-order valence-corrected chi connectivity index (χ2v) is 9.25. The third-order valence-corrected chi connectivity index (χ3v) is 7.12. The van der Waals surface area contributed by atoms with E-state index in [-0.39, 0.29) is 5.91 Å². The number of benzene rings is 1. The zero-order chi connectivity index (χ0) is 24.2. The van der Waals surface area contributed by atoms with Crippen molar-refractivity contribution >= 4 is 34.7 Å². The number of nitrogens with one attached hydrogen (secondary N) is 1. The summed E-state index contributed by atoms with van der Waals surface area (Å²) >= 11 is 1.32. The molecule has 4 rings (SSSR count). The van der Waals surface area contributed by atoms with Crippen LogP contribution in [0.25, 0.3) is 11.2 Å². The minimum absolute atomic E-state index is 0.146. The van der Waals surface area contributed by atoms with Crippen molar-refractivity contribution in [2.45, 2.75) is 42.8 Å². The number of nitrogens with zero attached hydrogens (tertiary/aromatic N) is 5. The standard InChI is InChI=1S/C23H27N7O3S/c1-14(31)29-7-4-15(5-8-29)6-9-30-13-26-21(25)20-22(30)28-23(27-20)34-19-11-18(33-3)17(32-2)10-16(19)12-24/h10-11,13,15H,4-9H2,1-3H3,(H2,25,27,28)/p+1. The average molecular weight is 483 g/mol. The van der Waals surface area contributed by atoms with Gasteiger partial charge in [-0.05, 0) is 43.0 Å². The second kappa shape index (κ2) is 10.2. The third kappa shape index (κ3) is 4.87. The summed E-state index contributed by atoms with van der Waals surface area (Å²) in [4.78, 5) is 26.5. The van der Waals surface area contributed by atoms with Crippen LogP contribution in [-0.2, 0) is 11.3 Å². The summed E-state index contributed by atoms with van der Waals surface area (Å²) in [5.74, 6) is 2.09. The number of imidazole rings is 1. The molecule has 0 unspecified atom stereocenters. The van der Waals surface area contributed by atoms with Crippen LogP contribution in [0.5, 0.6) is 11.5 Å². The Morgan fingerprint density at radius 2 is 2.03 bits per heavy atom. The summed E-state index contributed by atoms with van der Waals surface area (Å²) in [6.45, 7) is 4.01. The minimum Gasteiger partial charge on any atom is -0.493 e. The van der Waals surface area contributed by atoms with Crippen molar-refractivity contribution in [1.82, 2.24) is 19.9 Å². The smallest absolute Gasteiger partial charge is 0.294 e. The number of hydrogen-bond acceptors (Lipinski definition) is 8. The molecule has 178 valence electrons. The highest BCUT2D eigenvalue weighted by atomic mass is 32.2. The summed E-state index contributed by atoms with van der Waals surface area (Å²) < 4.78 is 12.7. The van der Waals surface area contributed by atoms with Gasteiger partial charge >= 0.3 is 0 Å². The van der Waals surface area contributed by atoms with Gasteiger partial charge < -0.3 is 25.1 Å². The third-order valence-electron chi connectivity index (χ3n) is 6.18. The number of nitriles is 1. The van der Waals surface area contributed by atoms with Crippen LogP contribution in [0.3, 0.4) is 0 Å². The molecule has 3 aromatic rings. The molecule has 34 heavy (non-hydrogen) atoms. The maximum absolute atomic E-state index is 11.6. The number of anilines is 1. The Morgan fingerprint density at radius 3 is 2.68 bits per heavy atom. The van der Waals surface area contributed by atoms with E-state index in [1.165, 1.54) is 18.9 Å². The molecule has 2 aromatic heterocycles. The number of fused-ring (bicyclic) bond motifs is 1. The summed E-state index contributed by atoms with van der Waals surface area (Å²) in [6, 6.07) is 5.61. The van der Waals surface area contributed by atoms with E-state index in [2.05, 4.69) is 16.0 Å². The van der Waals surface area contributed by atoms with E-state index in [4.69, 9.17) is 20.2 Å². The van der Waals surface area contributed by atoms with Gasteiger partial charge in [-0.3, -0.25) is 4.79 Å². The van der Waals surface area contributed by atoms with Gasteiger partial charge in [-0.15, -0.1) is 0 Å². The van der Waals surface area contributed by atoms with Gasteiger partial charge in [-0.2, -0.15) is 5.26 Å². The SMILES string of the molecule is COc1cc(C#N)c(Sc2nc3c([nH]2)c(N)nc[n+]3CCC2CCN(C(C)=O)CC2)cc1OC. The first-order chi connectivity index (χ1) is 16.4. The summed E-state index contributed by atoms with van der Waals surface area (Å²) in [5.41, 5.74) is 7.96. The van der Waals surface area contributed by atoms with Gasteiger partial charge in [0, 0.05) is 31.0 Å². The number of likely N-dealkylation sites (tertiary alicyclic amines) is 1. The van der Waals surface area contributed by atoms with E-state index in [0.29, 0.717) is 44.4 Å². The molecule has 0 bridgehead atoms. The highest BCUT2D eigenvalue weighted by Crippen LogP contribution is 2.37. The van der Waals surface area contributed by atoms with E-state index >= 15 is 0 Å². The second-order valence-electron chi connectivity index (χ2n) is 8.22. The van der Waals surface area contributed by atoms with Crippen LogP contribution >= 0.6 is 11.8 Å². The molecule has 1 fully saturated rings. The van der Waals surface area contributed by atoms with E-state index < -0.39 is 0 Å². The van der Waals surface area contributed by atoms with Crippen molar-refractivity contribution in [2.24, 2.45) is 5.92 Å². The Morgan fingerprint density at radius 1 is 1.32 bits per heavy atom. The molecule has 3 heterocycles. The molecule has 1 saturated heterocycles. The number of aryl methyl sites for hydroxylation is 1. The maximum atomic E-state index is 11.6. The van der Waals surface area contributed by atoms with Crippen molar-refractivity contribution in [3.05, 3.63) is 24.0 Å². The molecular weight excluding hydrogens is 454 g/mol. The molecule has 1 aliphatic heterocycles. The number of ether oxygens (including phenoxy) is 2. The monoisotopic (exact) mass is 482 g/mol. The fourth-order valence-corrected chi connectivity index (χ4v) is 5.06. The number of aromatic nitrogens is 4. The molecular formula is C23H28N7O3S+. The number of H-pyrrole nitrogens is 1. The molecule has 10 nitrogen and oxygen atoms in total. The largest absolute Gasteiger partial charge is 0.493 e. The van der Waals surface area contributed by atoms with E-state index in [1.54, 1.807) is 32.5 Å². The molecule has 0 radical (unpaired) electrons. The van der Waals surface area contributed by atoms with E-state index in [0.717, 1.165) is 44.5 Å². The van der Waals surface area contributed by atoms with E-state index in [1.807, 2.05) is 9.47 Å². The highest BCUT2D eigenvalue weighted by molar-refractivity contribution is 7.99. The van der Waals surface area contributed by atoms with Crippen molar-refractivity contribution < 1.29 is 18.8 Å². The molecule has 1 aromatic carbocycles.